The summed E-state index contributed by atoms with van der Waals surface area (Å²) in [5.74, 6) is 0.218. The number of nitrogens with two attached hydrogens (primary N) is 1. The molecule has 4 atom stereocenters. The van der Waals surface area contributed by atoms with E-state index in [0.717, 1.165) is 54.6 Å². The summed E-state index contributed by atoms with van der Waals surface area (Å²) in [6.07, 6.45) is -4.84. The van der Waals surface area contributed by atoms with Crippen LogP contribution >= 0.6 is 11.8 Å². The molecule has 12 nitrogen and oxygen atoms in total. The molecule has 2 aromatic heterocycles. The lowest BCUT2D eigenvalue weighted by atomic mass is 10.1. The molecule has 5 heterocycles. The van der Waals surface area contributed by atoms with E-state index in [4.69, 9.17) is 15.6 Å². The van der Waals surface area contributed by atoms with Gasteiger partial charge in [-0.15, -0.1) is 0 Å². The second-order valence-corrected chi connectivity index (χ2v) is 12.8. The lowest BCUT2D eigenvalue weighted by molar-refractivity contribution is -0.137. The fourth-order valence-corrected chi connectivity index (χ4v) is 7.01. The third-order valence-corrected chi connectivity index (χ3v) is 9.71. The number of para-hydroxylation sites is 1. The zero-order valence-corrected chi connectivity index (χ0v) is 26.5. The van der Waals surface area contributed by atoms with Crippen LogP contribution in [0.1, 0.15) is 18.2 Å². The van der Waals surface area contributed by atoms with Crippen LogP contribution in [-0.4, -0.2) is 116 Å². The Balaban J connectivity index is 0.000000177. The number of anilines is 3. The fraction of sp³-hybridized carbons (Fsp3) is 0.452. The summed E-state index contributed by atoms with van der Waals surface area (Å²) >= 11 is 1.54. The third kappa shape index (κ3) is 7.04. The maximum atomic E-state index is 13.3. The highest BCUT2D eigenvalue weighted by Crippen LogP contribution is 2.49. The van der Waals surface area contributed by atoms with Crippen LogP contribution in [0.3, 0.4) is 0 Å². The number of fused-ring (bicyclic) bond motifs is 3. The lowest BCUT2D eigenvalue weighted by Gasteiger charge is -2.35. The molecule has 2 saturated heterocycles. The van der Waals surface area contributed by atoms with Gasteiger partial charge in [-0.2, -0.15) is 13.2 Å². The van der Waals surface area contributed by atoms with Gasteiger partial charge in [0.25, 0.3) is 0 Å². The van der Waals surface area contributed by atoms with Crippen LogP contribution in [0.15, 0.2) is 64.9 Å². The summed E-state index contributed by atoms with van der Waals surface area (Å²) in [5.41, 5.74) is 7.52. The number of nitrogen functional groups attached to an aromatic ring is 1. The molecule has 2 fully saturated rings. The van der Waals surface area contributed by atoms with Gasteiger partial charge in [0.15, 0.2) is 17.7 Å². The lowest BCUT2D eigenvalue weighted by Crippen LogP contribution is -2.45. The standard InChI is InChI=1S/C21H24F3N3S.C10H13N5O4/c1-25-11-13-26(14-12-25)9-4-10-27-17-5-2-3-6-19(17)28-20-8-7-16(15-18(20)27)21(22,23)24;11-8-5-9(13-2-12-8)15(3-14-5)10-7(18)6(17)4(1-16)19-10/h2-3,5-8,15H,4,9-14H2,1H3;2-4,6-7,10,16-18H,1H2,(H2,11,12,13)/t;4-,6-,7-,10-/m.1/s1. The van der Waals surface area contributed by atoms with Crippen molar-refractivity contribution < 1.29 is 33.2 Å². The number of aromatic nitrogens is 4. The van der Waals surface area contributed by atoms with Crippen molar-refractivity contribution in [2.24, 2.45) is 0 Å². The van der Waals surface area contributed by atoms with E-state index in [1.165, 1.54) is 29.4 Å². The second kappa shape index (κ2) is 13.9. The van der Waals surface area contributed by atoms with Crippen molar-refractivity contribution in [2.45, 2.75) is 46.9 Å². The molecule has 252 valence electrons. The Morgan fingerprint density at radius 1 is 0.957 bits per heavy atom. The first-order chi connectivity index (χ1) is 22.5. The van der Waals surface area contributed by atoms with Gasteiger partial charge < -0.3 is 40.5 Å². The predicted octanol–water partition coefficient (Wildman–Crippen LogP) is 2.97. The van der Waals surface area contributed by atoms with Crippen molar-refractivity contribution in [1.29, 1.82) is 0 Å². The number of nitrogens with zero attached hydrogens (tertiary/aromatic N) is 7. The highest BCUT2D eigenvalue weighted by molar-refractivity contribution is 7.99. The summed E-state index contributed by atoms with van der Waals surface area (Å²) < 4.78 is 46.7. The third-order valence-electron chi connectivity index (χ3n) is 8.58. The molecule has 4 aromatic rings. The fourth-order valence-electron chi connectivity index (χ4n) is 5.94. The summed E-state index contributed by atoms with van der Waals surface area (Å²) in [5, 5.41) is 28.7. The Morgan fingerprint density at radius 3 is 2.43 bits per heavy atom. The van der Waals surface area contributed by atoms with Crippen molar-refractivity contribution in [2.75, 3.05) is 63.6 Å². The van der Waals surface area contributed by atoms with Gasteiger partial charge in [0.2, 0.25) is 0 Å². The number of piperazine rings is 1. The number of aliphatic hydroxyl groups is 3. The Labute approximate surface area is 273 Å². The number of benzene rings is 2. The Hall–Kier alpha value is -3.51. The maximum absolute atomic E-state index is 13.3. The molecule has 0 aliphatic carbocycles. The molecule has 0 spiro atoms. The maximum Gasteiger partial charge on any atom is 0.416 e. The predicted molar refractivity (Wildman–Crippen MR) is 170 cm³/mol. The largest absolute Gasteiger partial charge is 0.416 e. The van der Waals surface area contributed by atoms with Gasteiger partial charge in [0.1, 0.15) is 30.2 Å². The molecule has 3 aliphatic rings. The molecule has 3 aliphatic heterocycles. The number of alkyl halides is 3. The SMILES string of the molecule is CN1CCN(CCCN2c3ccccc3Sc3ccc(C(F)(F)F)cc32)CC1.Nc1ncnc2c1ncn2[C@@H]1O[C@H](CO)[C@@H](O)[C@H]1O. The highest BCUT2D eigenvalue weighted by Gasteiger charge is 2.44. The number of imidazole rings is 1. The molecule has 0 bridgehead atoms. The molecular formula is C31H37F3N8O4S. The number of rotatable bonds is 6. The van der Waals surface area contributed by atoms with Gasteiger partial charge in [-0.1, -0.05) is 23.9 Å². The van der Waals surface area contributed by atoms with Crippen LogP contribution in [-0.2, 0) is 10.9 Å². The first-order valence-electron chi connectivity index (χ1n) is 15.3. The Bertz CT molecular complexity index is 1690. The minimum atomic E-state index is -4.33. The summed E-state index contributed by atoms with van der Waals surface area (Å²) in [6.45, 7) is 5.53. The first kappa shape index (κ1) is 33.4. The molecule has 0 radical (unpaired) electrons. The normalized spacial score (nSPS) is 23.3. The van der Waals surface area contributed by atoms with E-state index in [2.05, 4.69) is 36.7 Å². The zero-order valence-electron chi connectivity index (χ0n) is 25.7. The molecule has 0 unspecified atom stereocenters. The number of likely N-dealkylation sites (N-methyl/N-ethyl adjacent to an activating group) is 1. The first-order valence-corrected chi connectivity index (χ1v) is 16.1. The van der Waals surface area contributed by atoms with E-state index in [-0.39, 0.29) is 5.82 Å². The molecule has 2 aromatic carbocycles. The van der Waals surface area contributed by atoms with Crippen LogP contribution in [0.4, 0.5) is 30.4 Å². The second-order valence-electron chi connectivity index (χ2n) is 11.7. The minimum Gasteiger partial charge on any atom is -0.394 e. The average Bonchev–Trinajstić information content (AvgIpc) is 3.62. The van der Waals surface area contributed by atoms with Crippen LogP contribution < -0.4 is 10.6 Å². The van der Waals surface area contributed by atoms with Gasteiger partial charge in [-0.3, -0.25) is 4.57 Å². The van der Waals surface area contributed by atoms with Crippen LogP contribution in [0.2, 0.25) is 0 Å². The van der Waals surface area contributed by atoms with E-state index in [1.54, 1.807) is 17.8 Å². The van der Waals surface area contributed by atoms with Crippen LogP contribution in [0.5, 0.6) is 0 Å². The van der Waals surface area contributed by atoms with Gasteiger partial charge in [-0.05, 0) is 50.3 Å². The van der Waals surface area contributed by atoms with Crippen LogP contribution in [0, 0.1) is 0 Å². The Morgan fingerprint density at radius 2 is 1.70 bits per heavy atom. The topological polar surface area (TPSA) is 149 Å². The summed E-state index contributed by atoms with van der Waals surface area (Å²) in [4.78, 5) is 20.7. The molecule has 5 N–H and O–H groups in total. The molecule has 47 heavy (non-hydrogen) atoms. The number of hydrogen-bond acceptors (Lipinski definition) is 12. The van der Waals surface area contributed by atoms with Crippen molar-refractivity contribution in [1.82, 2.24) is 29.3 Å². The summed E-state index contributed by atoms with van der Waals surface area (Å²) in [6, 6.07) is 12.0. The van der Waals surface area contributed by atoms with E-state index in [1.807, 2.05) is 24.3 Å². The van der Waals surface area contributed by atoms with E-state index < -0.39 is 42.9 Å². The van der Waals surface area contributed by atoms with Crippen molar-refractivity contribution in [3.05, 3.63) is 60.7 Å². The molecular weight excluding hydrogens is 637 g/mol. The monoisotopic (exact) mass is 674 g/mol. The smallest absolute Gasteiger partial charge is 0.394 e. The van der Waals surface area contributed by atoms with Crippen LogP contribution in [0.25, 0.3) is 11.2 Å². The molecule has 16 heteroatoms. The van der Waals surface area contributed by atoms with Gasteiger partial charge in [0.05, 0.1) is 29.9 Å². The van der Waals surface area contributed by atoms with Crippen molar-refractivity contribution in [3.8, 4) is 0 Å². The van der Waals surface area contributed by atoms with Gasteiger partial charge in [-0.25, -0.2) is 15.0 Å². The number of hydrogen-bond donors (Lipinski definition) is 4. The highest BCUT2D eigenvalue weighted by atomic mass is 32.2. The number of halogens is 3. The quantitative estimate of drug-likeness (QED) is 0.238. The zero-order chi connectivity index (χ0) is 33.3. The van der Waals surface area contributed by atoms with E-state index >= 15 is 0 Å². The number of aliphatic hydroxyl groups excluding tert-OH is 3. The Kier molecular flexibility index (Phi) is 9.89. The van der Waals surface area contributed by atoms with E-state index in [9.17, 15) is 23.4 Å². The van der Waals surface area contributed by atoms with Crippen molar-refractivity contribution >= 4 is 40.1 Å². The summed E-state index contributed by atoms with van der Waals surface area (Å²) in [7, 11) is 2.13. The number of ether oxygens (including phenoxy) is 1. The van der Waals surface area contributed by atoms with E-state index in [0.29, 0.717) is 23.4 Å². The van der Waals surface area contributed by atoms with Gasteiger partial charge in [0, 0.05) is 42.5 Å². The van der Waals surface area contributed by atoms with Gasteiger partial charge >= 0.3 is 6.18 Å². The van der Waals surface area contributed by atoms with Crippen molar-refractivity contribution in [3.63, 3.8) is 0 Å². The molecule has 0 saturated carbocycles. The minimum absolute atomic E-state index is 0.218. The molecule has 7 rings (SSSR count). The molecule has 0 amide bonds. The average molecular weight is 675 g/mol.